The summed E-state index contributed by atoms with van der Waals surface area (Å²) in [6, 6.07) is 14.5. The van der Waals surface area contributed by atoms with Crippen molar-refractivity contribution in [2.24, 2.45) is 0 Å². The number of hydrogen-bond acceptors (Lipinski definition) is 4. The molecule has 0 aliphatic heterocycles. The Morgan fingerprint density at radius 2 is 1.79 bits per heavy atom. The Labute approximate surface area is 142 Å². The number of esters is 1. The van der Waals surface area contributed by atoms with Gasteiger partial charge in [0.2, 0.25) is 10.0 Å². The van der Waals surface area contributed by atoms with Crippen LogP contribution in [0.15, 0.2) is 72.3 Å². The summed E-state index contributed by atoms with van der Waals surface area (Å²) in [5.41, 5.74) is 1.76. The summed E-state index contributed by atoms with van der Waals surface area (Å²) >= 11 is 0. The molecule has 0 heterocycles. The molecule has 0 spiro atoms. The van der Waals surface area contributed by atoms with Crippen molar-refractivity contribution in [3.63, 3.8) is 0 Å². The zero-order valence-electron chi connectivity index (χ0n) is 13.3. The van der Waals surface area contributed by atoms with Crippen LogP contribution in [-0.2, 0) is 26.0 Å². The molecule has 0 saturated carbocycles. The Morgan fingerprint density at radius 3 is 2.38 bits per heavy atom. The molecule has 126 valence electrons. The van der Waals surface area contributed by atoms with Crippen molar-refractivity contribution < 1.29 is 17.9 Å². The van der Waals surface area contributed by atoms with Crippen LogP contribution >= 0.6 is 0 Å². The standard InChI is InChI=1S/C18H19NO4S/c1-3-23-18(20)17(13-15-7-5-4-6-8-15)19-24(21,22)16-11-9-14(2)10-12-16/h3-12,17,19H,1,13H2,2H3. The van der Waals surface area contributed by atoms with Gasteiger partial charge in [-0.15, -0.1) is 0 Å². The third kappa shape index (κ3) is 4.78. The topological polar surface area (TPSA) is 72.5 Å². The first-order chi connectivity index (χ1) is 11.4. The van der Waals surface area contributed by atoms with Gasteiger partial charge in [-0.2, -0.15) is 4.72 Å². The average molecular weight is 345 g/mol. The summed E-state index contributed by atoms with van der Waals surface area (Å²) in [5, 5.41) is 0. The van der Waals surface area contributed by atoms with Crippen molar-refractivity contribution >= 4 is 16.0 Å². The molecule has 6 heteroatoms. The SMILES string of the molecule is C=COC(=O)C(Cc1ccccc1)NS(=O)(=O)c1ccc(C)cc1. The molecule has 0 saturated heterocycles. The van der Waals surface area contributed by atoms with Crippen molar-refractivity contribution in [3.8, 4) is 0 Å². The Balaban J connectivity index is 2.25. The fourth-order valence-electron chi connectivity index (χ4n) is 2.16. The van der Waals surface area contributed by atoms with Crippen LogP contribution in [0.25, 0.3) is 0 Å². The van der Waals surface area contributed by atoms with Gasteiger partial charge in [0, 0.05) is 0 Å². The zero-order chi connectivity index (χ0) is 17.6. The van der Waals surface area contributed by atoms with E-state index in [1.807, 2.05) is 37.3 Å². The van der Waals surface area contributed by atoms with Gasteiger partial charge in [0.1, 0.15) is 6.04 Å². The maximum Gasteiger partial charge on any atom is 0.329 e. The van der Waals surface area contributed by atoms with Crippen molar-refractivity contribution in [1.29, 1.82) is 0 Å². The molecular formula is C18H19NO4S. The molecule has 0 aromatic heterocycles. The monoisotopic (exact) mass is 345 g/mol. The van der Waals surface area contributed by atoms with Crippen LogP contribution in [0, 0.1) is 6.92 Å². The van der Waals surface area contributed by atoms with E-state index in [4.69, 9.17) is 4.74 Å². The molecule has 0 fully saturated rings. The molecule has 0 aliphatic rings. The van der Waals surface area contributed by atoms with Crippen LogP contribution in [0.4, 0.5) is 0 Å². The number of carbonyl (C=O) groups is 1. The van der Waals surface area contributed by atoms with E-state index in [0.29, 0.717) is 0 Å². The number of nitrogens with one attached hydrogen (secondary N) is 1. The van der Waals surface area contributed by atoms with Gasteiger partial charge in [0.25, 0.3) is 0 Å². The minimum Gasteiger partial charge on any atom is -0.434 e. The van der Waals surface area contributed by atoms with E-state index < -0.39 is 22.0 Å². The third-order valence-corrected chi connectivity index (χ3v) is 4.88. The van der Waals surface area contributed by atoms with Crippen LogP contribution in [0.5, 0.6) is 0 Å². The fraction of sp³-hybridized carbons (Fsp3) is 0.167. The number of rotatable bonds is 7. The highest BCUT2D eigenvalue weighted by atomic mass is 32.2. The highest BCUT2D eigenvalue weighted by Gasteiger charge is 2.27. The van der Waals surface area contributed by atoms with Crippen molar-refractivity contribution in [1.82, 2.24) is 4.72 Å². The first-order valence-electron chi connectivity index (χ1n) is 7.36. The van der Waals surface area contributed by atoms with Crippen LogP contribution in [0.3, 0.4) is 0 Å². The van der Waals surface area contributed by atoms with E-state index >= 15 is 0 Å². The second-order valence-electron chi connectivity index (χ2n) is 5.28. The smallest absolute Gasteiger partial charge is 0.329 e. The third-order valence-electron chi connectivity index (χ3n) is 3.40. The second-order valence-corrected chi connectivity index (χ2v) is 6.99. The molecule has 0 radical (unpaired) electrons. The van der Waals surface area contributed by atoms with Gasteiger partial charge < -0.3 is 4.74 Å². The molecule has 0 amide bonds. The first kappa shape index (κ1) is 17.9. The molecule has 1 N–H and O–H groups in total. The lowest BCUT2D eigenvalue weighted by Gasteiger charge is -2.17. The maximum atomic E-state index is 12.5. The molecule has 0 aliphatic carbocycles. The van der Waals surface area contributed by atoms with E-state index in [9.17, 15) is 13.2 Å². The maximum absolute atomic E-state index is 12.5. The van der Waals surface area contributed by atoms with Crippen molar-refractivity contribution in [2.75, 3.05) is 0 Å². The van der Waals surface area contributed by atoms with Crippen LogP contribution in [0.2, 0.25) is 0 Å². The number of ether oxygens (including phenoxy) is 1. The van der Waals surface area contributed by atoms with Crippen LogP contribution in [0.1, 0.15) is 11.1 Å². The number of aryl methyl sites for hydroxylation is 1. The lowest BCUT2D eigenvalue weighted by Crippen LogP contribution is -2.42. The van der Waals surface area contributed by atoms with E-state index in [2.05, 4.69) is 11.3 Å². The zero-order valence-corrected chi connectivity index (χ0v) is 14.1. The summed E-state index contributed by atoms with van der Waals surface area (Å²) in [6.45, 7) is 5.20. The predicted octanol–water partition coefficient (Wildman–Crippen LogP) is 2.57. The van der Waals surface area contributed by atoms with Gasteiger partial charge in [0.15, 0.2) is 0 Å². The minimum absolute atomic E-state index is 0.0950. The van der Waals surface area contributed by atoms with Gasteiger partial charge in [-0.3, -0.25) is 0 Å². The Morgan fingerprint density at radius 1 is 1.17 bits per heavy atom. The highest BCUT2D eigenvalue weighted by molar-refractivity contribution is 7.89. The van der Waals surface area contributed by atoms with Crippen molar-refractivity contribution in [2.45, 2.75) is 24.3 Å². The molecular weight excluding hydrogens is 326 g/mol. The van der Waals surface area contributed by atoms with Gasteiger partial charge >= 0.3 is 5.97 Å². The van der Waals surface area contributed by atoms with Gasteiger partial charge in [-0.25, -0.2) is 13.2 Å². The summed E-state index contributed by atoms with van der Waals surface area (Å²) in [7, 11) is -3.84. The normalized spacial score (nSPS) is 12.4. The molecule has 2 rings (SSSR count). The summed E-state index contributed by atoms with van der Waals surface area (Å²) in [6.07, 6.45) is 1.17. The molecule has 5 nitrogen and oxygen atoms in total. The first-order valence-corrected chi connectivity index (χ1v) is 8.85. The van der Waals surface area contributed by atoms with E-state index in [0.717, 1.165) is 17.4 Å². The summed E-state index contributed by atoms with van der Waals surface area (Å²) in [5.74, 6) is -0.704. The van der Waals surface area contributed by atoms with Crippen molar-refractivity contribution in [3.05, 3.63) is 78.6 Å². The van der Waals surface area contributed by atoms with Gasteiger partial charge in [-0.05, 0) is 31.0 Å². The minimum atomic E-state index is -3.84. The number of benzene rings is 2. The number of hydrogen-bond donors (Lipinski definition) is 1. The second kappa shape index (κ2) is 7.90. The van der Waals surface area contributed by atoms with E-state index in [1.54, 1.807) is 12.1 Å². The van der Waals surface area contributed by atoms with E-state index in [-0.39, 0.29) is 11.3 Å². The van der Waals surface area contributed by atoms with Gasteiger partial charge in [0.05, 0.1) is 11.2 Å². The molecule has 0 bridgehead atoms. The molecule has 1 atom stereocenters. The van der Waals surface area contributed by atoms with E-state index in [1.165, 1.54) is 12.1 Å². The lowest BCUT2D eigenvalue weighted by atomic mass is 10.1. The predicted molar refractivity (Wildman–Crippen MR) is 91.7 cm³/mol. The van der Waals surface area contributed by atoms with Gasteiger partial charge in [-0.1, -0.05) is 54.6 Å². The number of carbonyl (C=O) groups excluding carboxylic acids is 1. The highest BCUT2D eigenvalue weighted by Crippen LogP contribution is 2.13. The molecule has 2 aromatic carbocycles. The average Bonchev–Trinajstić information content (AvgIpc) is 2.55. The Bertz CT molecular complexity index is 799. The largest absolute Gasteiger partial charge is 0.434 e. The quantitative estimate of drug-likeness (QED) is 0.618. The number of sulfonamides is 1. The van der Waals surface area contributed by atoms with Crippen LogP contribution < -0.4 is 4.72 Å². The van der Waals surface area contributed by atoms with Crippen LogP contribution in [-0.4, -0.2) is 20.4 Å². The Hall–Kier alpha value is -2.44. The lowest BCUT2D eigenvalue weighted by molar-refractivity contribution is -0.139. The summed E-state index contributed by atoms with van der Waals surface area (Å²) in [4.78, 5) is 12.2. The molecule has 24 heavy (non-hydrogen) atoms. The Kier molecular flexibility index (Phi) is 5.89. The fourth-order valence-corrected chi connectivity index (χ4v) is 3.34. The molecule has 1 unspecified atom stereocenters. The molecule has 2 aromatic rings. The summed E-state index contributed by atoms with van der Waals surface area (Å²) < 4.78 is 32.2.